The predicted octanol–water partition coefficient (Wildman–Crippen LogP) is 2.14. The third kappa shape index (κ3) is 2.74. The Bertz CT molecular complexity index is 237. The second-order valence-corrected chi connectivity index (χ2v) is 2.44. The molecule has 0 amide bonds. The average Bonchev–Trinajstić information content (AvgIpc) is 2.06. The van der Waals surface area contributed by atoms with Gasteiger partial charge >= 0.3 is 0 Å². The van der Waals surface area contributed by atoms with Gasteiger partial charge in [-0.2, -0.15) is 0 Å². The largest absolute Gasteiger partial charge is 0.330 e. The van der Waals surface area contributed by atoms with E-state index in [0.29, 0.717) is 0 Å². The number of nitrogens with zero attached hydrogens (tertiary/aromatic N) is 1. The zero-order valence-corrected chi connectivity index (χ0v) is 7.19. The van der Waals surface area contributed by atoms with Crippen LogP contribution in [0.5, 0.6) is 0 Å². The minimum atomic E-state index is 0.276. The smallest absolute Gasteiger partial charge is 0.210 e. The first kappa shape index (κ1) is 8.30. The molecule has 0 fully saturated rings. The van der Waals surface area contributed by atoms with Crippen LogP contribution in [0.3, 0.4) is 0 Å². The van der Waals surface area contributed by atoms with Crippen molar-refractivity contribution in [3.63, 3.8) is 0 Å². The SMILES string of the molecule is S=C([N]Cl)Nc1ccccc1. The number of hydrogen-bond acceptors (Lipinski definition) is 1. The zero-order chi connectivity index (χ0) is 8.10. The van der Waals surface area contributed by atoms with Crippen LogP contribution in [0, 0.1) is 0 Å². The Hall–Kier alpha value is -0.800. The molecule has 0 aromatic heterocycles. The van der Waals surface area contributed by atoms with Gasteiger partial charge < -0.3 is 5.32 Å². The first-order valence-corrected chi connectivity index (χ1v) is 3.75. The van der Waals surface area contributed by atoms with E-state index in [1.807, 2.05) is 30.3 Å². The fourth-order valence-corrected chi connectivity index (χ4v) is 0.826. The Morgan fingerprint density at radius 3 is 2.55 bits per heavy atom. The monoisotopic (exact) mass is 185 g/mol. The molecule has 0 unspecified atom stereocenters. The number of para-hydroxylation sites is 1. The van der Waals surface area contributed by atoms with E-state index in [-0.39, 0.29) is 5.11 Å². The van der Waals surface area contributed by atoms with E-state index in [9.17, 15) is 0 Å². The molecule has 0 saturated heterocycles. The number of benzene rings is 1. The Balaban J connectivity index is 2.58. The summed E-state index contributed by atoms with van der Waals surface area (Å²) in [6.07, 6.45) is 0. The molecule has 2 nitrogen and oxygen atoms in total. The summed E-state index contributed by atoms with van der Waals surface area (Å²) in [4.78, 5) is 3.28. The lowest BCUT2D eigenvalue weighted by Gasteiger charge is -2.01. The lowest BCUT2D eigenvalue weighted by molar-refractivity contribution is 1.48. The van der Waals surface area contributed by atoms with Crippen molar-refractivity contribution in [3.8, 4) is 0 Å². The molecule has 11 heavy (non-hydrogen) atoms. The van der Waals surface area contributed by atoms with E-state index < -0.39 is 0 Å². The van der Waals surface area contributed by atoms with Crippen molar-refractivity contribution < 1.29 is 0 Å². The molecule has 0 saturated carbocycles. The first-order valence-electron chi connectivity index (χ1n) is 3.01. The van der Waals surface area contributed by atoms with Gasteiger partial charge in [-0.25, -0.2) is 0 Å². The number of nitrogens with one attached hydrogen (secondary N) is 1. The van der Waals surface area contributed by atoms with E-state index in [4.69, 9.17) is 24.0 Å². The van der Waals surface area contributed by atoms with Crippen molar-refractivity contribution in [1.82, 2.24) is 4.84 Å². The number of rotatable bonds is 1. The van der Waals surface area contributed by atoms with Crippen molar-refractivity contribution >= 4 is 34.8 Å². The maximum Gasteiger partial charge on any atom is 0.210 e. The molecule has 0 aliphatic carbocycles. The molecule has 1 aromatic carbocycles. The van der Waals surface area contributed by atoms with Crippen LogP contribution in [0.1, 0.15) is 0 Å². The lowest BCUT2D eigenvalue weighted by atomic mass is 10.3. The van der Waals surface area contributed by atoms with Gasteiger partial charge in [-0.05, 0) is 24.4 Å². The van der Waals surface area contributed by atoms with Crippen LogP contribution in [0.4, 0.5) is 5.69 Å². The average molecular weight is 186 g/mol. The second kappa shape index (κ2) is 4.16. The van der Waals surface area contributed by atoms with Crippen molar-refractivity contribution in [3.05, 3.63) is 30.3 Å². The Labute approximate surface area is 75.7 Å². The molecule has 0 heterocycles. The van der Waals surface area contributed by atoms with Crippen LogP contribution in [-0.4, -0.2) is 5.11 Å². The molecule has 1 radical (unpaired) electrons. The van der Waals surface area contributed by atoms with Crippen molar-refractivity contribution in [1.29, 1.82) is 0 Å². The molecule has 0 atom stereocenters. The summed E-state index contributed by atoms with van der Waals surface area (Å²) in [7, 11) is 0. The van der Waals surface area contributed by atoms with Crippen LogP contribution < -0.4 is 10.2 Å². The van der Waals surface area contributed by atoms with Gasteiger partial charge in [0.2, 0.25) is 5.11 Å². The summed E-state index contributed by atoms with van der Waals surface area (Å²) in [6.45, 7) is 0. The minimum Gasteiger partial charge on any atom is -0.330 e. The molecule has 0 bridgehead atoms. The third-order valence-electron chi connectivity index (χ3n) is 1.10. The maximum absolute atomic E-state index is 5.12. The van der Waals surface area contributed by atoms with Crippen LogP contribution >= 0.6 is 24.0 Å². The van der Waals surface area contributed by atoms with Gasteiger partial charge in [0.05, 0.1) is 0 Å². The molecular formula is C7H6ClN2S. The fraction of sp³-hybridized carbons (Fsp3) is 0. The summed E-state index contributed by atoms with van der Waals surface area (Å²) >= 11 is 9.85. The standard InChI is InChI=1S/C7H6ClN2S/c8-10-7(11)9-6-4-2-1-3-5-6/h1-5H,(H,9,11). The highest BCUT2D eigenvalue weighted by Crippen LogP contribution is 2.04. The highest BCUT2D eigenvalue weighted by Gasteiger charge is 1.93. The van der Waals surface area contributed by atoms with Crippen LogP contribution in [0.15, 0.2) is 30.3 Å². The second-order valence-electron chi connectivity index (χ2n) is 1.88. The van der Waals surface area contributed by atoms with E-state index in [1.54, 1.807) is 0 Å². The molecule has 1 rings (SSSR count). The van der Waals surface area contributed by atoms with E-state index >= 15 is 0 Å². The summed E-state index contributed by atoms with van der Waals surface area (Å²) in [5, 5.41) is 3.10. The number of anilines is 1. The number of halogens is 1. The molecule has 0 aliphatic rings. The maximum atomic E-state index is 5.12. The normalized spacial score (nSPS) is 8.82. The van der Waals surface area contributed by atoms with Gasteiger partial charge in [-0.15, -0.1) is 4.84 Å². The molecule has 1 N–H and O–H groups in total. The minimum absolute atomic E-state index is 0.276. The van der Waals surface area contributed by atoms with Gasteiger partial charge in [-0.3, -0.25) is 0 Å². The Morgan fingerprint density at radius 2 is 2.00 bits per heavy atom. The summed E-state index contributed by atoms with van der Waals surface area (Å²) in [5.41, 5.74) is 0.891. The summed E-state index contributed by atoms with van der Waals surface area (Å²) in [5.74, 6) is 0. The van der Waals surface area contributed by atoms with Gasteiger partial charge in [0.1, 0.15) is 0 Å². The van der Waals surface area contributed by atoms with Crippen LogP contribution in [-0.2, 0) is 0 Å². The quantitative estimate of drug-likeness (QED) is 0.679. The lowest BCUT2D eigenvalue weighted by Crippen LogP contribution is -2.14. The predicted molar refractivity (Wildman–Crippen MR) is 50.6 cm³/mol. The zero-order valence-electron chi connectivity index (χ0n) is 5.62. The highest BCUT2D eigenvalue weighted by molar-refractivity contribution is 7.80. The molecule has 57 valence electrons. The van der Waals surface area contributed by atoms with Gasteiger partial charge in [0.25, 0.3) is 0 Å². The van der Waals surface area contributed by atoms with Crippen molar-refractivity contribution in [2.45, 2.75) is 0 Å². The molecule has 1 aromatic rings. The Kier molecular flexibility index (Phi) is 3.14. The van der Waals surface area contributed by atoms with Gasteiger partial charge in [0, 0.05) is 17.5 Å². The highest BCUT2D eigenvalue weighted by atomic mass is 35.5. The molecular weight excluding hydrogens is 180 g/mol. The van der Waals surface area contributed by atoms with Gasteiger partial charge in [0.15, 0.2) is 0 Å². The van der Waals surface area contributed by atoms with E-state index in [0.717, 1.165) is 5.69 Å². The van der Waals surface area contributed by atoms with Crippen LogP contribution in [0.2, 0.25) is 0 Å². The summed E-state index contributed by atoms with van der Waals surface area (Å²) < 4.78 is 0. The van der Waals surface area contributed by atoms with Gasteiger partial charge in [-0.1, -0.05) is 18.2 Å². The van der Waals surface area contributed by atoms with E-state index in [1.165, 1.54) is 0 Å². The Morgan fingerprint density at radius 1 is 1.36 bits per heavy atom. The van der Waals surface area contributed by atoms with Crippen molar-refractivity contribution in [2.75, 3.05) is 5.32 Å². The molecule has 0 spiro atoms. The number of hydrogen-bond donors (Lipinski definition) is 1. The van der Waals surface area contributed by atoms with Crippen molar-refractivity contribution in [2.24, 2.45) is 0 Å². The third-order valence-corrected chi connectivity index (χ3v) is 1.56. The molecule has 0 aliphatic heterocycles. The summed E-state index contributed by atoms with van der Waals surface area (Å²) in [6, 6.07) is 9.49. The van der Waals surface area contributed by atoms with Crippen LogP contribution in [0.25, 0.3) is 0 Å². The number of thiocarbonyl (C=S) groups is 1. The van der Waals surface area contributed by atoms with E-state index in [2.05, 4.69) is 10.2 Å². The fourth-order valence-electron chi connectivity index (χ4n) is 0.666. The topological polar surface area (TPSA) is 26.1 Å². The first-order chi connectivity index (χ1) is 5.33. The molecule has 4 heteroatoms.